The molecule has 5 nitrogen and oxygen atoms in total. The number of rotatable bonds is 5. The first-order valence-electron chi connectivity index (χ1n) is 6.58. The smallest absolute Gasteiger partial charge is 0.337 e. The van der Waals surface area contributed by atoms with E-state index in [0.29, 0.717) is 5.92 Å². The number of hydrogen-bond donors (Lipinski definition) is 1. The van der Waals surface area contributed by atoms with Crippen LogP contribution in [0, 0.1) is 5.92 Å². The predicted octanol–water partition coefficient (Wildman–Crippen LogP) is 1.64. The third-order valence-electron chi connectivity index (χ3n) is 3.57. The average molecular weight is 264 g/mol. The maximum atomic E-state index is 10.7. The van der Waals surface area contributed by atoms with Gasteiger partial charge in [-0.1, -0.05) is 0 Å². The van der Waals surface area contributed by atoms with Crippen LogP contribution in [0.15, 0.2) is 18.3 Å². The van der Waals surface area contributed by atoms with Crippen molar-refractivity contribution in [1.29, 1.82) is 0 Å². The van der Waals surface area contributed by atoms with Crippen LogP contribution in [-0.4, -0.2) is 47.8 Å². The summed E-state index contributed by atoms with van der Waals surface area (Å²) in [6.45, 7) is 3.74. The number of carboxylic acid groups (broad SMARTS) is 1. The Kier molecular flexibility index (Phi) is 4.87. The third kappa shape index (κ3) is 4.01. The van der Waals surface area contributed by atoms with Crippen molar-refractivity contribution in [2.24, 2.45) is 5.92 Å². The van der Waals surface area contributed by atoms with Crippen LogP contribution in [0.25, 0.3) is 0 Å². The van der Waals surface area contributed by atoms with Crippen molar-refractivity contribution in [3.05, 3.63) is 29.6 Å². The Morgan fingerprint density at radius 1 is 1.47 bits per heavy atom. The molecule has 0 aliphatic carbocycles. The molecule has 1 aromatic heterocycles. The maximum Gasteiger partial charge on any atom is 0.337 e. The first kappa shape index (κ1) is 14.0. The normalized spacial score (nSPS) is 17.5. The molecule has 0 saturated carbocycles. The highest BCUT2D eigenvalue weighted by Crippen LogP contribution is 2.18. The molecule has 0 atom stereocenters. The number of pyridine rings is 1. The van der Waals surface area contributed by atoms with E-state index in [9.17, 15) is 4.79 Å². The monoisotopic (exact) mass is 264 g/mol. The molecule has 1 aliphatic heterocycles. The molecule has 1 aromatic rings. The van der Waals surface area contributed by atoms with Gasteiger partial charge in [0.05, 0.1) is 11.3 Å². The predicted molar refractivity (Wildman–Crippen MR) is 71.1 cm³/mol. The van der Waals surface area contributed by atoms with E-state index in [4.69, 9.17) is 9.84 Å². The molecule has 104 valence electrons. The van der Waals surface area contributed by atoms with Crippen LogP contribution >= 0.6 is 0 Å². The Labute approximate surface area is 113 Å². The van der Waals surface area contributed by atoms with Gasteiger partial charge in [-0.15, -0.1) is 0 Å². The summed E-state index contributed by atoms with van der Waals surface area (Å²) >= 11 is 0. The highest BCUT2D eigenvalue weighted by atomic mass is 16.5. The fourth-order valence-electron chi connectivity index (χ4n) is 2.42. The number of hydrogen-bond acceptors (Lipinski definition) is 4. The number of carboxylic acids is 1. The topological polar surface area (TPSA) is 62.7 Å². The Morgan fingerprint density at radius 2 is 2.21 bits per heavy atom. The average Bonchev–Trinajstić information content (AvgIpc) is 2.42. The van der Waals surface area contributed by atoms with Gasteiger partial charge in [-0.05, 0) is 44.0 Å². The van der Waals surface area contributed by atoms with Crippen LogP contribution in [0.3, 0.4) is 0 Å². The zero-order chi connectivity index (χ0) is 13.7. The van der Waals surface area contributed by atoms with Crippen molar-refractivity contribution in [2.45, 2.75) is 19.4 Å². The van der Waals surface area contributed by atoms with Crippen LogP contribution in [0.4, 0.5) is 0 Å². The van der Waals surface area contributed by atoms with E-state index in [2.05, 4.69) is 9.88 Å². The SMILES string of the molecule is COCC1CCN(Cc2ccc(C(=O)O)cn2)CC1. The molecule has 0 spiro atoms. The van der Waals surface area contributed by atoms with Gasteiger partial charge < -0.3 is 9.84 Å². The summed E-state index contributed by atoms with van der Waals surface area (Å²) in [5.41, 5.74) is 1.16. The lowest BCUT2D eigenvalue weighted by atomic mass is 9.98. The highest BCUT2D eigenvalue weighted by molar-refractivity contribution is 5.87. The van der Waals surface area contributed by atoms with Gasteiger partial charge in [0.2, 0.25) is 0 Å². The van der Waals surface area contributed by atoms with E-state index < -0.39 is 5.97 Å². The summed E-state index contributed by atoms with van der Waals surface area (Å²) in [4.78, 5) is 17.3. The summed E-state index contributed by atoms with van der Waals surface area (Å²) in [5, 5.41) is 8.81. The van der Waals surface area contributed by atoms with E-state index in [1.807, 2.05) is 0 Å². The molecule has 2 rings (SSSR count). The number of likely N-dealkylation sites (tertiary alicyclic amines) is 1. The first-order valence-corrected chi connectivity index (χ1v) is 6.58. The number of carbonyl (C=O) groups is 1. The molecule has 1 N–H and O–H groups in total. The van der Waals surface area contributed by atoms with Crippen LogP contribution in [-0.2, 0) is 11.3 Å². The van der Waals surface area contributed by atoms with Gasteiger partial charge in [-0.25, -0.2) is 4.79 Å². The van der Waals surface area contributed by atoms with Gasteiger partial charge in [0.25, 0.3) is 0 Å². The highest BCUT2D eigenvalue weighted by Gasteiger charge is 2.19. The fourth-order valence-corrected chi connectivity index (χ4v) is 2.42. The minimum absolute atomic E-state index is 0.238. The lowest BCUT2D eigenvalue weighted by Crippen LogP contribution is -2.34. The quantitative estimate of drug-likeness (QED) is 0.876. The summed E-state index contributed by atoms with van der Waals surface area (Å²) in [6, 6.07) is 3.41. The van der Waals surface area contributed by atoms with Gasteiger partial charge in [-0.2, -0.15) is 0 Å². The Bertz CT molecular complexity index is 411. The maximum absolute atomic E-state index is 10.7. The molecular weight excluding hydrogens is 244 g/mol. The van der Waals surface area contributed by atoms with Crippen molar-refractivity contribution in [3.63, 3.8) is 0 Å². The number of aromatic carboxylic acids is 1. The summed E-state index contributed by atoms with van der Waals surface area (Å²) in [5.74, 6) is -0.261. The van der Waals surface area contributed by atoms with E-state index in [1.54, 1.807) is 19.2 Å². The van der Waals surface area contributed by atoms with Crippen molar-refractivity contribution in [3.8, 4) is 0 Å². The molecule has 0 amide bonds. The van der Waals surface area contributed by atoms with Gasteiger partial charge in [0.15, 0.2) is 0 Å². The Balaban J connectivity index is 1.83. The number of piperidine rings is 1. The molecule has 2 heterocycles. The van der Waals surface area contributed by atoms with Crippen LogP contribution in [0.2, 0.25) is 0 Å². The molecule has 1 saturated heterocycles. The zero-order valence-corrected chi connectivity index (χ0v) is 11.2. The van der Waals surface area contributed by atoms with Crippen LogP contribution in [0.1, 0.15) is 28.9 Å². The molecular formula is C14H20N2O3. The van der Waals surface area contributed by atoms with E-state index in [0.717, 1.165) is 44.8 Å². The van der Waals surface area contributed by atoms with Crippen molar-refractivity contribution in [1.82, 2.24) is 9.88 Å². The van der Waals surface area contributed by atoms with Crippen molar-refractivity contribution in [2.75, 3.05) is 26.8 Å². The van der Waals surface area contributed by atoms with E-state index in [-0.39, 0.29) is 5.56 Å². The molecule has 0 bridgehead atoms. The van der Waals surface area contributed by atoms with E-state index >= 15 is 0 Å². The van der Waals surface area contributed by atoms with E-state index in [1.165, 1.54) is 6.20 Å². The van der Waals surface area contributed by atoms with Gasteiger partial charge in [0, 0.05) is 26.5 Å². The molecule has 0 aromatic carbocycles. The summed E-state index contributed by atoms with van der Waals surface area (Å²) in [7, 11) is 1.75. The van der Waals surface area contributed by atoms with Crippen molar-refractivity contribution < 1.29 is 14.6 Å². The molecule has 0 radical (unpaired) electrons. The molecule has 19 heavy (non-hydrogen) atoms. The summed E-state index contributed by atoms with van der Waals surface area (Å²) in [6.07, 6.45) is 3.73. The van der Waals surface area contributed by atoms with Gasteiger partial charge in [0.1, 0.15) is 0 Å². The van der Waals surface area contributed by atoms with Gasteiger partial charge in [-0.3, -0.25) is 9.88 Å². The fraction of sp³-hybridized carbons (Fsp3) is 0.571. The molecule has 1 aliphatic rings. The second-order valence-corrected chi connectivity index (χ2v) is 5.02. The summed E-state index contributed by atoms with van der Waals surface area (Å²) < 4.78 is 5.18. The van der Waals surface area contributed by atoms with Gasteiger partial charge >= 0.3 is 5.97 Å². The van der Waals surface area contributed by atoms with Crippen LogP contribution < -0.4 is 0 Å². The minimum Gasteiger partial charge on any atom is -0.478 e. The number of ether oxygens (including phenoxy) is 1. The zero-order valence-electron chi connectivity index (χ0n) is 11.2. The Morgan fingerprint density at radius 3 is 2.74 bits per heavy atom. The second-order valence-electron chi connectivity index (χ2n) is 5.02. The lowest BCUT2D eigenvalue weighted by Gasteiger charge is -2.31. The largest absolute Gasteiger partial charge is 0.478 e. The Hall–Kier alpha value is -1.46. The molecule has 5 heteroatoms. The molecule has 1 fully saturated rings. The second kappa shape index (κ2) is 6.63. The van der Waals surface area contributed by atoms with Crippen LogP contribution in [0.5, 0.6) is 0 Å². The number of nitrogens with zero attached hydrogens (tertiary/aromatic N) is 2. The first-order chi connectivity index (χ1) is 9.19. The number of aromatic nitrogens is 1. The lowest BCUT2D eigenvalue weighted by molar-refractivity contribution is 0.0696. The standard InChI is InChI=1S/C14H20N2O3/c1-19-10-11-4-6-16(7-5-11)9-13-3-2-12(8-15-13)14(17)18/h2-3,8,11H,4-7,9-10H2,1H3,(H,17,18). The minimum atomic E-state index is -0.931. The molecule has 0 unspecified atom stereocenters. The third-order valence-corrected chi connectivity index (χ3v) is 3.57. The van der Waals surface area contributed by atoms with Crippen molar-refractivity contribution >= 4 is 5.97 Å². The number of methoxy groups -OCH3 is 1.